The van der Waals surface area contributed by atoms with Gasteiger partial charge in [0.1, 0.15) is 5.69 Å². The second-order valence-electron chi connectivity index (χ2n) is 4.88. The quantitative estimate of drug-likeness (QED) is 0.601. The van der Waals surface area contributed by atoms with E-state index in [1.165, 1.54) is 18.3 Å². The number of rotatable bonds is 7. The second kappa shape index (κ2) is 8.30. The Kier molecular flexibility index (Phi) is 6.14. The first-order valence-corrected chi connectivity index (χ1v) is 7.16. The third kappa shape index (κ3) is 4.45. The van der Waals surface area contributed by atoms with Gasteiger partial charge in [-0.25, -0.2) is 18.2 Å². The van der Waals surface area contributed by atoms with Crippen LogP contribution < -0.4 is 10.6 Å². The topological polar surface area (TPSA) is 63.2 Å². The largest absolute Gasteiger partial charge is 0.385 e. The number of hydrogen-bond donors (Lipinski definition) is 2. The molecule has 0 aliphatic heterocycles. The number of carbonyl (C=O) groups is 1. The molecule has 0 unspecified atom stereocenters. The van der Waals surface area contributed by atoms with Gasteiger partial charge in [-0.05, 0) is 30.7 Å². The zero-order valence-electron chi connectivity index (χ0n) is 12.9. The van der Waals surface area contributed by atoms with E-state index in [4.69, 9.17) is 4.74 Å². The minimum Gasteiger partial charge on any atom is -0.385 e. The summed E-state index contributed by atoms with van der Waals surface area (Å²) in [7, 11) is 1.57. The molecule has 2 rings (SSSR count). The molecule has 1 aromatic heterocycles. The molecule has 128 valence electrons. The highest BCUT2D eigenvalue weighted by atomic mass is 19.2. The number of hydrogen-bond acceptors (Lipinski definition) is 4. The molecule has 0 radical (unpaired) electrons. The molecule has 8 heteroatoms. The van der Waals surface area contributed by atoms with Crippen molar-refractivity contribution in [3.63, 3.8) is 0 Å². The number of anilines is 2. The molecular formula is C16H16F3N3O2. The van der Waals surface area contributed by atoms with Crippen LogP contribution in [0.5, 0.6) is 0 Å². The van der Waals surface area contributed by atoms with Crippen LogP contribution in [-0.2, 0) is 4.74 Å². The van der Waals surface area contributed by atoms with Crippen LogP contribution in [0.15, 0.2) is 30.5 Å². The molecule has 0 aliphatic carbocycles. The summed E-state index contributed by atoms with van der Waals surface area (Å²) in [5.41, 5.74) is 0.284. The van der Waals surface area contributed by atoms with Crippen molar-refractivity contribution in [2.24, 2.45) is 0 Å². The van der Waals surface area contributed by atoms with E-state index in [-0.39, 0.29) is 17.3 Å². The van der Waals surface area contributed by atoms with Crippen LogP contribution in [0, 0.1) is 17.5 Å². The average molecular weight is 339 g/mol. The summed E-state index contributed by atoms with van der Waals surface area (Å²) in [6.45, 7) is 0.991. The zero-order chi connectivity index (χ0) is 17.5. The molecule has 1 amide bonds. The Bertz CT molecular complexity index is 708. The zero-order valence-corrected chi connectivity index (χ0v) is 12.9. The van der Waals surface area contributed by atoms with Crippen molar-refractivity contribution in [3.8, 4) is 0 Å². The molecule has 0 atom stereocenters. The van der Waals surface area contributed by atoms with E-state index in [0.717, 1.165) is 12.1 Å². The van der Waals surface area contributed by atoms with Crippen LogP contribution in [-0.4, -0.2) is 31.2 Å². The fourth-order valence-corrected chi connectivity index (χ4v) is 1.89. The number of aromatic nitrogens is 1. The number of nitrogens with zero attached hydrogens (tertiary/aromatic N) is 1. The van der Waals surface area contributed by atoms with Crippen molar-refractivity contribution in [1.82, 2.24) is 10.3 Å². The highest BCUT2D eigenvalue weighted by Crippen LogP contribution is 2.23. The van der Waals surface area contributed by atoms with Crippen LogP contribution in [0.2, 0.25) is 0 Å². The monoisotopic (exact) mass is 339 g/mol. The van der Waals surface area contributed by atoms with Crippen molar-refractivity contribution in [1.29, 1.82) is 0 Å². The van der Waals surface area contributed by atoms with Crippen LogP contribution in [0.25, 0.3) is 0 Å². The van der Waals surface area contributed by atoms with Gasteiger partial charge in [0.2, 0.25) is 0 Å². The van der Waals surface area contributed by atoms with E-state index in [9.17, 15) is 18.0 Å². The minimum absolute atomic E-state index is 0.184. The van der Waals surface area contributed by atoms with E-state index in [1.807, 2.05) is 0 Å². The molecule has 0 saturated carbocycles. The normalized spacial score (nSPS) is 10.5. The molecule has 0 fully saturated rings. The standard InChI is InChI=1S/C16H16F3N3O2/c1-24-8-2-7-20-16(23)13-5-3-10(9-21-13)22-12-6-4-11(17)14(18)15(12)19/h3-6,9,22H,2,7-8H2,1H3,(H,20,23). The van der Waals surface area contributed by atoms with Gasteiger partial charge in [0.25, 0.3) is 5.91 Å². The predicted molar refractivity (Wildman–Crippen MR) is 82.7 cm³/mol. The molecule has 0 spiro atoms. The first-order valence-electron chi connectivity index (χ1n) is 7.16. The predicted octanol–water partition coefficient (Wildman–Crippen LogP) is 3.01. The van der Waals surface area contributed by atoms with E-state index in [2.05, 4.69) is 15.6 Å². The van der Waals surface area contributed by atoms with Crippen molar-refractivity contribution in [2.45, 2.75) is 6.42 Å². The van der Waals surface area contributed by atoms with Gasteiger partial charge in [-0.3, -0.25) is 4.79 Å². The Labute approximate surface area is 136 Å². The summed E-state index contributed by atoms with van der Waals surface area (Å²) in [6, 6.07) is 4.81. The number of pyridine rings is 1. The number of benzene rings is 1. The van der Waals surface area contributed by atoms with Crippen LogP contribution in [0.1, 0.15) is 16.9 Å². The minimum atomic E-state index is -1.56. The SMILES string of the molecule is COCCCNC(=O)c1ccc(Nc2ccc(F)c(F)c2F)cn1. The molecule has 1 heterocycles. The second-order valence-corrected chi connectivity index (χ2v) is 4.88. The highest BCUT2D eigenvalue weighted by Gasteiger charge is 2.14. The fourth-order valence-electron chi connectivity index (χ4n) is 1.89. The Morgan fingerprint density at radius 2 is 1.96 bits per heavy atom. The number of nitrogens with one attached hydrogen (secondary N) is 2. The van der Waals surface area contributed by atoms with Crippen molar-refractivity contribution in [2.75, 3.05) is 25.6 Å². The molecule has 2 N–H and O–H groups in total. The van der Waals surface area contributed by atoms with Gasteiger partial charge in [0.15, 0.2) is 17.5 Å². The number of ether oxygens (including phenoxy) is 1. The third-order valence-electron chi connectivity index (χ3n) is 3.12. The first kappa shape index (κ1) is 17.7. The van der Waals surface area contributed by atoms with Gasteiger partial charge in [0.05, 0.1) is 17.6 Å². The molecule has 0 saturated heterocycles. The molecule has 2 aromatic rings. The Morgan fingerprint density at radius 1 is 1.17 bits per heavy atom. The maximum Gasteiger partial charge on any atom is 0.269 e. The van der Waals surface area contributed by atoms with Gasteiger partial charge in [-0.15, -0.1) is 0 Å². The summed E-state index contributed by atoms with van der Waals surface area (Å²) in [5.74, 6) is -4.50. The smallest absolute Gasteiger partial charge is 0.269 e. The van der Waals surface area contributed by atoms with E-state index < -0.39 is 17.5 Å². The van der Waals surface area contributed by atoms with E-state index in [1.54, 1.807) is 7.11 Å². The van der Waals surface area contributed by atoms with E-state index >= 15 is 0 Å². The van der Waals surface area contributed by atoms with Crippen LogP contribution in [0.3, 0.4) is 0 Å². The molecular weight excluding hydrogens is 323 g/mol. The number of carbonyl (C=O) groups excluding carboxylic acids is 1. The van der Waals surface area contributed by atoms with Gasteiger partial charge >= 0.3 is 0 Å². The van der Waals surface area contributed by atoms with Crippen molar-refractivity contribution in [3.05, 3.63) is 53.6 Å². The summed E-state index contributed by atoms with van der Waals surface area (Å²) in [4.78, 5) is 15.8. The summed E-state index contributed by atoms with van der Waals surface area (Å²) in [5, 5.41) is 5.25. The maximum absolute atomic E-state index is 13.6. The number of methoxy groups -OCH3 is 1. The molecule has 1 aromatic carbocycles. The van der Waals surface area contributed by atoms with Crippen molar-refractivity contribution >= 4 is 17.3 Å². The van der Waals surface area contributed by atoms with Crippen molar-refractivity contribution < 1.29 is 22.7 Å². The van der Waals surface area contributed by atoms with Gasteiger partial charge in [0, 0.05) is 20.3 Å². The Hall–Kier alpha value is -2.61. The molecule has 0 bridgehead atoms. The molecule has 5 nitrogen and oxygen atoms in total. The van der Waals surface area contributed by atoms with Gasteiger partial charge < -0.3 is 15.4 Å². The summed E-state index contributed by atoms with van der Waals surface area (Å²) >= 11 is 0. The van der Waals surface area contributed by atoms with Gasteiger partial charge in [-0.2, -0.15) is 0 Å². The Balaban J connectivity index is 1.99. The fraction of sp³-hybridized carbons (Fsp3) is 0.250. The average Bonchev–Trinajstić information content (AvgIpc) is 2.59. The number of halogens is 3. The molecule has 0 aliphatic rings. The van der Waals surface area contributed by atoms with E-state index in [0.29, 0.717) is 25.3 Å². The van der Waals surface area contributed by atoms with Crippen LogP contribution in [0.4, 0.5) is 24.5 Å². The first-order chi connectivity index (χ1) is 11.5. The lowest BCUT2D eigenvalue weighted by Crippen LogP contribution is -2.26. The lowest BCUT2D eigenvalue weighted by Gasteiger charge is -2.09. The molecule has 24 heavy (non-hydrogen) atoms. The number of amides is 1. The highest BCUT2D eigenvalue weighted by molar-refractivity contribution is 5.92. The summed E-state index contributed by atoms with van der Waals surface area (Å²) in [6.07, 6.45) is 1.97. The van der Waals surface area contributed by atoms with Gasteiger partial charge in [-0.1, -0.05) is 0 Å². The lowest BCUT2D eigenvalue weighted by atomic mass is 10.2. The lowest BCUT2D eigenvalue weighted by molar-refractivity contribution is 0.0943. The maximum atomic E-state index is 13.6. The third-order valence-corrected chi connectivity index (χ3v) is 3.12. The van der Waals surface area contributed by atoms with Crippen LogP contribution >= 0.6 is 0 Å². The Morgan fingerprint density at radius 3 is 2.62 bits per heavy atom. The summed E-state index contributed by atoms with van der Waals surface area (Å²) < 4.78 is 44.5.